The number of nitrogens with one attached hydrogen (secondary N) is 2. The van der Waals surface area contributed by atoms with Gasteiger partial charge in [-0.1, -0.05) is 18.2 Å². The van der Waals surface area contributed by atoms with Crippen molar-refractivity contribution in [3.8, 4) is 5.75 Å². The van der Waals surface area contributed by atoms with E-state index in [2.05, 4.69) is 10.6 Å². The number of hydrogen-bond acceptors (Lipinski definition) is 3. The number of urea groups is 1. The fraction of sp³-hybridized carbons (Fsp3) is 0.308. The van der Waals surface area contributed by atoms with E-state index >= 15 is 0 Å². The summed E-state index contributed by atoms with van der Waals surface area (Å²) < 4.78 is 5.17. The van der Waals surface area contributed by atoms with Crippen molar-refractivity contribution in [2.24, 2.45) is 0 Å². The first-order valence-corrected chi connectivity index (χ1v) is 5.72. The standard InChI is InChI=1S/C13H18N2O3/c1-18-12-6-3-2-5-11(12)7-9-15-13(17)14-8-4-10-16/h2-3,5-7,9,16H,4,8,10H2,1H3,(H2,14,15,17)/b9-7+. The van der Waals surface area contributed by atoms with Gasteiger partial charge in [0.25, 0.3) is 0 Å². The number of benzene rings is 1. The first-order valence-electron chi connectivity index (χ1n) is 5.72. The monoisotopic (exact) mass is 250 g/mol. The van der Waals surface area contributed by atoms with Gasteiger partial charge in [-0.25, -0.2) is 4.79 Å². The minimum Gasteiger partial charge on any atom is -0.496 e. The molecule has 0 aliphatic rings. The van der Waals surface area contributed by atoms with Gasteiger partial charge in [0.1, 0.15) is 5.75 Å². The molecule has 0 fully saturated rings. The lowest BCUT2D eigenvalue weighted by atomic mass is 10.2. The van der Waals surface area contributed by atoms with Crippen LogP contribution in [0, 0.1) is 0 Å². The third-order valence-corrected chi connectivity index (χ3v) is 2.24. The first kappa shape index (κ1) is 14.1. The number of amides is 2. The Balaban J connectivity index is 2.42. The zero-order valence-electron chi connectivity index (χ0n) is 10.3. The molecule has 1 aromatic carbocycles. The van der Waals surface area contributed by atoms with E-state index in [0.717, 1.165) is 11.3 Å². The summed E-state index contributed by atoms with van der Waals surface area (Å²) >= 11 is 0. The van der Waals surface area contributed by atoms with Crippen molar-refractivity contribution in [3.05, 3.63) is 36.0 Å². The molecule has 0 saturated heterocycles. The summed E-state index contributed by atoms with van der Waals surface area (Å²) in [4.78, 5) is 11.3. The van der Waals surface area contributed by atoms with Crippen LogP contribution in [0.5, 0.6) is 5.75 Å². The van der Waals surface area contributed by atoms with Crippen molar-refractivity contribution in [2.75, 3.05) is 20.3 Å². The molecule has 0 spiro atoms. The third kappa shape index (κ3) is 4.88. The van der Waals surface area contributed by atoms with Gasteiger partial charge < -0.3 is 20.5 Å². The van der Waals surface area contributed by atoms with Gasteiger partial charge in [0.05, 0.1) is 7.11 Å². The van der Waals surface area contributed by atoms with Crippen molar-refractivity contribution < 1.29 is 14.6 Å². The molecule has 0 aliphatic heterocycles. The minimum absolute atomic E-state index is 0.0668. The van der Waals surface area contributed by atoms with Gasteiger partial charge in [0.2, 0.25) is 0 Å². The highest BCUT2D eigenvalue weighted by Gasteiger charge is 1.98. The van der Waals surface area contributed by atoms with E-state index in [4.69, 9.17) is 9.84 Å². The number of aliphatic hydroxyl groups is 1. The van der Waals surface area contributed by atoms with Crippen LogP contribution in [-0.2, 0) is 0 Å². The van der Waals surface area contributed by atoms with Gasteiger partial charge in [0.15, 0.2) is 0 Å². The molecular formula is C13H18N2O3. The van der Waals surface area contributed by atoms with Crippen molar-refractivity contribution >= 4 is 12.1 Å². The summed E-state index contributed by atoms with van der Waals surface area (Å²) in [6.45, 7) is 0.516. The molecule has 0 bridgehead atoms. The average molecular weight is 250 g/mol. The molecule has 2 amide bonds. The van der Waals surface area contributed by atoms with E-state index in [-0.39, 0.29) is 12.6 Å². The second-order valence-electron chi connectivity index (χ2n) is 3.55. The molecule has 0 aliphatic carbocycles. The Morgan fingerprint density at radius 2 is 2.22 bits per heavy atom. The highest BCUT2D eigenvalue weighted by atomic mass is 16.5. The maximum atomic E-state index is 11.3. The molecule has 3 N–H and O–H groups in total. The van der Waals surface area contributed by atoms with Crippen molar-refractivity contribution in [1.82, 2.24) is 10.6 Å². The number of aliphatic hydroxyl groups excluding tert-OH is 1. The average Bonchev–Trinajstić information content (AvgIpc) is 2.39. The highest BCUT2D eigenvalue weighted by molar-refractivity contribution is 5.76. The van der Waals surface area contributed by atoms with Crippen LogP contribution in [0.25, 0.3) is 6.08 Å². The van der Waals surface area contributed by atoms with E-state index < -0.39 is 0 Å². The van der Waals surface area contributed by atoms with Crippen molar-refractivity contribution in [2.45, 2.75) is 6.42 Å². The van der Waals surface area contributed by atoms with Crippen LogP contribution in [-0.4, -0.2) is 31.4 Å². The fourth-order valence-corrected chi connectivity index (χ4v) is 1.34. The van der Waals surface area contributed by atoms with Gasteiger partial charge in [-0.05, 0) is 18.6 Å². The molecule has 0 atom stereocenters. The van der Waals surface area contributed by atoms with Gasteiger partial charge in [0, 0.05) is 24.9 Å². The van der Waals surface area contributed by atoms with Crippen LogP contribution in [0.4, 0.5) is 4.79 Å². The number of carbonyl (C=O) groups excluding carboxylic acids is 1. The summed E-state index contributed by atoms with van der Waals surface area (Å²) in [5.74, 6) is 0.747. The lowest BCUT2D eigenvalue weighted by Crippen LogP contribution is -2.33. The zero-order chi connectivity index (χ0) is 13.2. The zero-order valence-corrected chi connectivity index (χ0v) is 10.3. The number of para-hydroxylation sites is 1. The number of rotatable bonds is 6. The van der Waals surface area contributed by atoms with E-state index in [9.17, 15) is 4.79 Å². The molecule has 0 unspecified atom stereocenters. The van der Waals surface area contributed by atoms with Crippen LogP contribution in [0.1, 0.15) is 12.0 Å². The Morgan fingerprint density at radius 1 is 1.44 bits per heavy atom. The summed E-state index contributed by atoms with van der Waals surface area (Å²) in [6, 6.07) is 7.21. The van der Waals surface area contributed by atoms with Crippen molar-refractivity contribution in [3.63, 3.8) is 0 Å². The molecule has 5 heteroatoms. The van der Waals surface area contributed by atoms with Gasteiger partial charge in [-0.2, -0.15) is 0 Å². The van der Waals surface area contributed by atoms with Gasteiger partial charge in [-0.15, -0.1) is 0 Å². The largest absolute Gasteiger partial charge is 0.496 e. The third-order valence-electron chi connectivity index (χ3n) is 2.24. The predicted octanol–water partition coefficient (Wildman–Crippen LogP) is 1.35. The molecule has 18 heavy (non-hydrogen) atoms. The number of carbonyl (C=O) groups is 1. The van der Waals surface area contributed by atoms with E-state index in [1.807, 2.05) is 24.3 Å². The fourth-order valence-electron chi connectivity index (χ4n) is 1.34. The Bertz CT molecular complexity index is 405. The van der Waals surface area contributed by atoms with Crippen molar-refractivity contribution in [1.29, 1.82) is 0 Å². The summed E-state index contributed by atoms with van der Waals surface area (Å²) in [7, 11) is 1.60. The van der Waals surface area contributed by atoms with Crippen LogP contribution < -0.4 is 15.4 Å². The van der Waals surface area contributed by atoms with E-state index in [1.165, 1.54) is 0 Å². The topological polar surface area (TPSA) is 70.6 Å². The summed E-state index contributed by atoms with van der Waals surface area (Å²) in [5, 5.41) is 13.7. The lowest BCUT2D eigenvalue weighted by molar-refractivity contribution is 0.241. The molecule has 5 nitrogen and oxygen atoms in total. The summed E-state index contributed by atoms with van der Waals surface area (Å²) in [5.41, 5.74) is 0.885. The maximum Gasteiger partial charge on any atom is 0.318 e. The minimum atomic E-state index is -0.297. The molecule has 1 aromatic rings. The van der Waals surface area contributed by atoms with Crippen LogP contribution in [0.15, 0.2) is 30.5 Å². The Morgan fingerprint density at radius 3 is 2.94 bits per heavy atom. The van der Waals surface area contributed by atoms with Crippen LogP contribution in [0.2, 0.25) is 0 Å². The molecule has 0 radical (unpaired) electrons. The predicted molar refractivity (Wildman–Crippen MR) is 70.3 cm³/mol. The molecule has 0 heterocycles. The van der Waals surface area contributed by atoms with E-state index in [1.54, 1.807) is 19.4 Å². The molecular weight excluding hydrogens is 232 g/mol. The van der Waals surface area contributed by atoms with Gasteiger partial charge >= 0.3 is 6.03 Å². The quantitative estimate of drug-likeness (QED) is 0.667. The molecule has 1 rings (SSSR count). The number of ether oxygens (including phenoxy) is 1. The highest BCUT2D eigenvalue weighted by Crippen LogP contribution is 2.17. The van der Waals surface area contributed by atoms with E-state index in [0.29, 0.717) is 13.0 Å². The Kier molecular flexibility index (Phi) is 6.35. The molecule has 0 saturated carbocycles. The number of methoxy groups -OCH3 is 1. The maximum absolute atomic E-state index is 11.3. The first-order chi connectivity index (χ1) is 8.77. The lowest BCUT2D eigenvalue weighted by Gasteiger charge is -2.04. The Labute approximate surface area is 106 Å². The molecule has 0 aromatic heterocycles. The number of hydrogen-bond donors (Lipinski definition) is 3. The molecule has 98 valence electrons. The van der Waals surface area contributed by atoms with Crippen LogP contribution in [0.3, 0.4) is 0 Å². The second-order valence-corrected chi connectivity index (χ2v) is 3.55. The second kappa shape index (κ2) is 8.14. The van der Waals surface area contributed by atoms with Crippen LogP contribution >= 0.6 is 0 Å². The Hall–Kier alpha value is -2.01. The normalized spacial score (nSPS) is 10.3. The smallest absolute Gasteiger partial charge is 0.318 e. The summed E-state index contributed by atoms with van der Waals surface area (Å²) in [6.07, 6.45) is 3.85. The SMILES string of the molecule is COc1ccccc1/C=C/NC(=O)NCCCO. The van der Waals surface area contributed by atoms with Gasteiger partial charge in [-0.3, -0.25) is 0 Å².